The van der Waals surface area contributed by atoms with Crippen LogP contribution in [0.2, 0.25) is 0 Å². The lowest BCUT2D eigenvalue weighted by Crippen LogP contribution is -2.41. The predicted octanol–water partition coefficient (Wildman–Crippen LogP) is 2.15. The fourth-order valence-corrected chi connectivity index (χ4v) is 2.28. The number of hydrogen-bond donors (Lipinski definition) is 1. The minimum absolute atomic E-state index is 0.123. The molecule has 118 valence electrons. The Morgan fingerprint density at radius 2 is 1.59 bits per heavy atom. The van der Waals surface area contributed by atoms with Crippen molar-refractivity contribution in [3.63, 3.8) is 0 Å². The number of amides is 1. The molecule has 0 radical (unpaired) electrons. The highest BCUT2D eigenvalue weighted by Gasteiger charge is 2.51. The largest absolute Gasteiger partial charge is 0.494 e. The molecule has 1 aliphatic rings. The summed E-state index contributed by atoms with van der Waals surface area (Å²) in [6.45, 7) is 10.8. The second-order valence-corrected chi connectivity index (χ2v) is 6.63. The van der Waals surface area contributed by atoms with Crippen LogP contribution in [0.1, 0.15) is 51.9 Å². The summed E-state index contributed by atoms with van der Waals surface area (Å²) in [4.78, 5) is 23.1. The maximum Gasteiger partial charge on any atom is 0.494 e. The van der Waals surface area contributed by atoms with Gasteiger partial charge in [0.25, 0.3) is 0 Å². The third-order valence-electron chi connectivity index (χ3n) is 4.26. The molecule has 1 aliphatic heterocycles. The number of ketones is 1. The van der Waals surface area contributed by atoms with Gasteiger partial charge in [-0.25, -0.2) is 0 Å². The van der Waals surface area contributed by atoms with Gasteiger partial charge in [0.05, 0.1) is 16.9 Å². The van der Waals surface area contributed by atoms with Gasteiger partial charge in [0, 0.05) is 12.5 Å². The highest BCUT2D eigenvalue weighted by atomic mass is 16.7. The molecule has 1 saturated heterocycles. The molecule has 5 nitrogen and oxygen atoms in total. The first-order valence-corrected chi connectivity index (χ1v) is 7.31. The van der Waals surface area contributed by atoms with E-state index in [4.69, 9.17) is 9.31 Å². The molecule has 22 heavy (non-hydrogen) atoms. The zero-order chi connectivity index (χ0) is 16.7. The number of hydrogen-bond acceptors (Lipinski definition) is 4. The van der Waals surface area contributed by atoms with Crippen molar-refractivity contribution >= 4 is 30.0 Å². The van der Waals surface area contributed by atoms with Gasteiger partial charge in [0.2, 0.25) is 5.91 Å². The number of anilines is 1. The van der Waals surface area contributed by atoms with Gasteiger partial charge in [-0.05, 0) is 52.2 Å². The van der Waals surface area contributed by atoms with Crippen LogP contribution in [0.5, 0.6) is 0 Å². The molecule has 1 aromatic carbocycles. The van der Waals surface area contributed by atoms with Crippen LogP contribution in [0.3, 0.4) is 0 Å². The van der Waals surface area contributed by atoms with Crippen molar-refractivity contribution in [2.45, 2.75) is 52.7 Å². The van der Waals surface area contributed by atoms with E-state index in [1.165, 1.54) is 13.8 Å². The van der Waals surface area contributed by atoms with Gasteiger partial charge in [0.1, 0.15) is 0 Å². The number of Topliss-reactive ketones (excluding diaryl/α,β-unsaturated/α-hetero) is 1. The molecule has 1 fully saturated rings. The Bertz CT molecular complexity index is 609. The normalized spacial score (nSPS) is 19.1. The first kappa shape index (κ1) is 16.7. The van der Waals surface area contributed by atoms with E-state index in [1.54, 1.807) is 18.2 Å². The van der Waals surface area contributed by atoms with E-state index in [-0.39, 0.29) is 11.7 Å². The van der Waals surface area contributed by atoms with Gasteiger partial charge in [-0.3, -0.25) is 9.59 Å². The fourth-order valence-electron chi connectivity index (χ4n) is 2.28. The molecule has 0 unspecified atom stereocenters. The Morgan fingerprint density at radius 3 is 2.05 bits per heavy atom. The molecule has 0 aliphatic carbocycles. The van der Waals surface area contributed by atoms with Crippen LogP contribution in [0.15, 0.2) is 18.2 Å². The third kappa shape index (κ3) is 3.08. The highest BCUT2D eigenvalue weighted by Crippen LogP contribution is 2.36. The number of benzene rings is 1. The van der Waals surface area contributed by atoms with Crippen LogP contribution in [0, 0.1) is 0 Å². The minimum Gasteiger partial charge on any atom is -0.399 e. The zero-order valence-electron chi connectivity index (χ0n) is 13.9. The van der Waals surface area contributed by atoms with Crippen molar-refractivity contribution in [2.24, 2.45) is 0 Å². The van der Waals surface area contributed by atoms with Crippen molar-refractivity contribution in [2.75, 3.05) is 5.32 Å². The van der Waals surface area contributed by atoms with E-state index >= 15 is 0 Å². The first-order valence-electron chi connectivity index (χ1n) is 7.31. The SMILES string of the molecule is CC(=O)Nc1ccc(B2OC(C)(C)C(C)(C)O2)cc1C(C)=O. The standard InChI is InChI=1S/C16H22BNO4/c1-10(19)13-9-12(7-8-14(13)18-11(2)20)17-21-15(3,4)16(5,6)22-17/h7-9H,1-6H3,(H,18,20). The molecule has 0 atom stereocenters. The molecular formula is C16H22BNO4. The second kappa shape index (κ2) is 5.52. The lowest BCUT2D eigenvalue weighted by Gasteiger charge is -2.32. The predicted molar refractivity (Wildman–Crippen MR) is 86.5 cm³/mol. The van der Waals surface area contributed by atoms with Crippen LogP contribution in [0.25, 0.3) is 0 Å². The molecular weight excluding hydrogens is 281 g/mol. The monoisotopic (exact) mass is 303 g/mol. The topological polar surface area (TPSA) is 64.6 Å². The molecule has 2 rings (SSSR count). The van der Waals surface area contributed by atoms with Gasteiger partial charge < -0.3 is 14.6 Å². The maximum absolute atomic E-state index is 11.8. The minimum atomic E-state index is -0.533. The van der Waals surface area contributed by atoms with Gasteiger partial charge in [-0.2, -0.15) is 0 Å². The Balaban J connectivity index is 2.36. The molecule has 1 amide bonds. The fraction of sp³-hybridized carbons (Fsp3) is 0.500. The van der Waals surface area contributed by atoms with Crippen LogP contribution < -0.4 is 10.8 Å². The number of carbonyl (C=O) groups is 2. The molecule has 0 spiro atoms. The summed E-state index contributed by atoms with van der Waals surface area (Å²) in [5.74, 6) is -0.340. The summed E-state index contributed by atoms with van der Waals surface area (Å²) < 4.78 is 12.0. The summed E-state index contributed by atoms with van der Waals surface area (Å²) in [5.41, 5.74) is 0.829. The van der Waals surface area contributed by atoms with E-state index in [2.05, 4.69) is 5.32 Å². The van der Waals surface area contributed by atoms with Crippen molar-refractivity contribution < 1.29 is 18.9 Å². The smallest absolute Gasteiger partial charge is 0.399 e. The van der Waals surface area contributed by atoms with Crippen LogP contribution in [-0.2, 0) is 14.1 Å². The summed E-state index contributed by atoms with van der Waals surface area (Å²) in [7, 11) is -0.533. The highest BCUT2D eigenvalue weighted by molar-refractivity contribution is 6.62. The Hall–Kier alpha value is -1.66. The second-order valence-electron chi connectivity index (χ2n) is 6.63. The average molecular weight is 303 g/mol. The Morgan fingerprint density at radius 1 is 1.05 bits per heavy atom. The van der Waals surface area contributed by atoms with Crippen LogP contribution >= 0.6 is 0 Å². The Kier molecular flexibility index (Phi) is 4.19. The third-order valence-corrected chi connectivity index (χ3v) is 4.26. The lowest BCUT2D eigenvalue weighted by molar-refractivity contribution is -0.114. The Labute approximate surface area is 131 Å². The van der Waals surface area contributed by atoms with E-state index in [0.29, 0.717) is 11.3 Å². The van der Waals surface area contributed by atoms with Crippen LogP contribution in [0.4, 0.5) is 5.69 Å². The molecule has 0 bridgehead atoms. The summed E-state index contributed by atoms with van der Waals surface area (Å²) in [5, 5.41) is 2.66. The van der Waals surface area contributed by atoms with Crippen LogP contribution in [-0.4, -0.2) is 30.0 Å². The van der Waals surface area contributed by atoms with Crippen molar-refractivity contribution in [3.05, 3.63) is 23.8 Å². The van der Waals surface area contributed by atoms with Gasteiger partial charge in [0.15, 0.2) is 5.78 Å². The molecule has 0 aromatic heterocycles. The van der Waals surface area contributed by atoms with E-state index in [0.717, 1.165) is 5.46 Å². The van der Waals surface area contributed by atoms with Gasteiger partial charge in [-0.1, -0.05) is 6.07 Å². The molecule has 1 aromatic rings. The number of rotatable bonds is 3. The molecule has 0 saturated carbocycles. The van der Waals surface area contributed by atoms with Crippen molar-refractivity contribution in [1.29, 1.82) is 0 Å². The van der Waals surface area contributed by atoms with E-state index in [1.807, 2.05) is 27.7 Å². The van der Waals surface area contributed by atoms with Crippen molar-refractivity contribution in [3.8, 4) is 0 Å². The van der Waals surface area contributed by atoms with Crippen molar-refractivity contribution in [1.82, 2.24) is 0 Å². The van der Waals surface area contributed by atoms with E-state index < -0.39 is 18.3 Å². The van der Waals surface area contributed by atoms with Gasteiger partial charge in [-0.15, -0.1) is 0 Å². The van der Waals surface area contributed by atoms with E-state index in [9.17, 15) is 9.59 Å². The number of nitrogens with one attached hydrogen (secondary N) is 1. The summed E-state index contributed by atoms with van der Waals surface area (Å²) in [6, 6.07) is 5.23. The average Bonchev–Trinajstić information content (AvgIpc) is 2.57. The summed E-state index contributed by atoms with van der Waals surface area (Å²) >= 11 is 0. The molecule has 1 heterocycles. The van der Waals surface area contributed by atoms with Gasteiger partial charge >= 0.3 is 7.12 Å². The summed E-state index contributed by atoms with van der Waals surface area (Å²) in [6.07, 6.45) is 0. The quantitative estimate of drug-likeness (QED) is 0.686. The lowest BCUT2D eigenvalue weighted by atomic mass is 9.78. The molecule has 1 N–H and O–H groups in total. The first-order chi connectivity index (χ1) is 10.0. The maximum atomic E-state index is 11.8. The molecule has 6 heteroatoms. The number of carbonyl (C=O) groups excluding carboxylic acids is 2. The zero-order valence-corrected chi connectivity index (χ0v) is 13.9.